The van der Waals surface area contributed by atoms with Gasteiger partial charge in [0.2, 0.25) is 0 Å². The number of thiol groups is 1. The number of anilines is 3. The number of thiazole rings is 1. The van der Waals surface area contributed by atoms with E-state index in [1.807, 2.05) is 6.07 Å². The molecule has 0 radical (unpaired) electrons. The van der Waals surface area contributed by atoms with Crippen LogP contribution < -0.4 is 4.90 Å². The molecule has 9 aromatic carbocycles. The SMILES string of the molecule is Sc1cc2nc(-c3ccccc3)sc2cc1-c1ccc(-c2ccc(N(c3ccccc3)c3ccc(-c4ccccc4)c(-c4ccc5ccccc5c4)c3)cc2)cc1. The molecular formula is C53H36N2S2. The molecule has 0 fully saturated rings. The van der Waals surface area contributed by atoms with Crippen LogP contribution in [0.4, 0.5) is 17.1 Å². The average molecular weight is 765 g/mol. The number of nitrogens with zero attached hydrogens (tertiary/aromatic N) is 2. The fraction of sp³-hybridized carbons (Fsp3) is 0. The van der Waals surface area contributed by atoms with Crippen molar-refractivity contribution < 1.29 is 0 Å². The van der Waals surface area contributed by atoms with E-state index < -0.39 is 0 Å². The summed E-state index contributed by atoms with van der Waals surface area (Å²) in [6.07, 6.45) is 0. The first kappa shape index (κ1) is 34.7. The average Bonchev–Trinajstić information content (AvgIpc) is 3.70. The third-order valence-electron chi connectivity index (χ3n) is 10.6. The van der Waals surface area contributed by atoms with Crippen LogP contribution in [0.5, 0.6) is 0 Å². The van der Waals surface area contributed by atoms with Crippen LogP contribution >= 0.6 is 24.0 Å². The Bertz CT molecular complexity index is 2990. The van der Waals surface area contributed by atoms with Crippen molar-refractivity contribution in [2.24, 2.45) is 0 Å². The summed E-state index contributed by atoms with van der Waals surface area (Å²) in [6, 6.07) is 75.9. The van der Waals surface area contributed by atoms with E-state index in [-0.39, 0.29) is 0 Å². The minimum Gasteiger partial charge on any atom is -0.310 e. The molecule has 2 nitrogen and oxygen atoms in total. The van der Waals surface area contributed by atoms with Gasteiger partial charge in [-0.3, -0.25) is 0 Å². The van der Waals surface area contributed by atoms with E-state index in [0.29, 0.717) is 0 Å². The van der Waals surface area contributed by atoms with Crippen molar-refractivity contribution in [3.63, 3.8) is 0 Å². The quantitative estimate of drug-likeness (QED) is 0.155. The third kappa shape index (κ3) is 6.91. The maximum absolute atomic E-state index is 4.90. The van der Waals surface area contributed by atoms with Crippen molar-refractivity contribution in [3.05, 3.63) is 212 Å². The lowest BCUT2D eigenvalue weighted by Gasteiger charge is -2.27. The zero-order valence-corrected chi connectivity index (χ0v) is 32.7. The Balaban J connectivity index is 0.990. The molecule has 0 atom stereocenters. The molecule has 0 saturated carbocycles. The molecule has 0 unspecified atom stereocenters. The van der Waals surface area contributed by atoms with Crippen LogP contribution in [-0.2, 0) is 0 Å². The van der Waals surface area contributed by atoms with Crippen LogP contribution in [0, 0.1) is 0 Å². The molecule has 0 spiro atoms. The number of para-hydroxylation sites is 1. The van der Waals surface area contributed by atoms with E-state index in [0.717, 1.165) is 65.0 Å². The van der Waals surface area contributed by atoms with Gasteiger partial charge in [0.25, 0.3) is 0 Å². The number of benzene rings is 9. The first-order valence-electron chi connectivity index (χ1n) is 19.1. The Morgan fingerprint density at radius 2 is 0.912 bits per heavy atom. The number of aromatic nitrogens is 1. The van der Waals surface area contributed by atoms with Crippen LogP contribution in [0.25, 0.3) is 76.1 Å². The standard InChI is InChI=1S/C53H36N2S2/c56-51-35-50-52(57-53(54-50)41-15-6-2-7-16-41)34-49(51)40-23-20-37(21-24-40)38-26-28-45(29-27-38)55(44-18-8-3-9-19-44)46-30-31-47(39-13-4-1-5-14-39)48(33-46)43-25-22-36-12-10-11-17-42(36)32-43/h1-35,56H. The third-order valence-corrected chi connectivity index (χ3v) is 12.0. The second kappa shape index (κ2) is 15.1. The van der Waals surface area contributed by atoms with Crippen molar-refractivity contribution >= 4 is 62.0 Å². The minimum atomic E-state index is 0.922. The van der Waals surface area contributed by atoms with Crippen molar-refractivity contribution in [2.75, 3.05) is 4.90 Å². The molecule has 4 heteroatoms. The molecule has 10 aromatic rings. The molecule has 0 bridgehead atoms. The van der Waals surface area contributed by atoms with Gasteiger partial charge < -0.3 is 4.90 Å². The Morgan fingerprint density at radius 1 is 0.368 bits per heavy atom. The lowest BCUT2D eigenvalue weighted by Crippen LogP contribution is -2.10. The van der Waals surface area contributed by atoms with Crippen molar-refractivity contribution in [3.8, 4) is 55.1 Å². The van der Waals surface area contributed by atoms with Gasteiger partial charge in [0.1, 0.15) is 5.01 Å². The van der Waals surface area contributed by atoms with Gasteiger partial charge in [-0.15, -0.1) is 24.0 Å². The normalized spacial score (nSPS) is 11.2. The van der Waals surface area contributed by atoms with E-state index in [4.69, 9.17) is 17.6 Å². The largest absolute Gasteiger partial charge is 0.310 e. The second-order valence-electron chi connectivity index (χ2n) is 14.2. The summed E-state index contributed by atoms with van der Waals surface area (Å²) < 4.78 is 1.16. The fourth-order valence-corrected chi connectivity index (χ4v) is 9.01. The minimum absolute atomic E-state index is 0.922. The molecule has 0 saturated heterocycles. The summed E-state index contributed by atoms with van der Waals surface area (Å²) in [5, 5.41) is 3.49. The summed E-state index contributed by atoms with van der Waals surface area (Å²) in [7, 11) is 0. The molecule has 0 amide bonds. The topological polar surface area (TPSA) is 16.1 Å². The molecule has 0 aliphatic rings. The number of rotatable bonds is 8. The van der Waals surface area contributed by atoms with E-state index in [1.54, 1.807) is 11.3 Å². The monoisotopic (exact) mass is 764 g/mol. The van der Waals surface area contributed by atoms with Crippen molar-refractivity contribution in [1.82, 2.24) is 4.98 Å². The molecule has 57 heavy (non-hydrogen) atoms. The molecule has 0 aliphatic carbocycles. The summed E-state index contributed by atoms with van der Waals surface area (Å²) in [6.45, 7) is 0. The number of hydrogen-bond donors (Lipinski definition) is 1. The van der Waals surface area contributed by atoms with Gasteiger partial charge in [0.05, 0.1) is 10.2 Å². The van der Waals surface area contributed by atoms with Crippen LogP contribution in [0.1, 0.15) is 0 Å². The highest BCUT2D eigenvalue weighted by molar-refractivity contribution is 7.80. The highest BCUT2D eigenvalue weighted by Crippen LogP contribution is 2.42. The molecule has 1 heterocycles. The Kier molecular flexibility index (Phi) is 9.19. The van der Waals surface area contributed by atoms with E-state index in [2.05, 4.69) is 211 Å². The lowest BCUT2D eigenvalue weighted by molar-refractivity contribution is 1.28. The maximum atomic E-state index is 4.90. The summed E-state index contributed by atoms with van der Waals surface area (Å²) in [5.41, 5.74) is 14.7. The number of hydrogen-bond acceptors (Lipinski definition) is 4. The maximum Gasteiger partial charge on any atom is 0.124 e. The molecule has 270 valence electrons. The summed E-state index contributed by atoms with van der Waals surface area (Å²) in [5.74, 6) is 0. The first-order valence-corrected chi connectivity index (χ1v) is 20.3. The molecule has 0 aliphatic heterocycles. The van der Waals surface area contributed by atoms with E-state index in [9.17, 15) is 0 Å². The van der Waals surface area contributed by atoms with Gasteiger partial charge in [-0.2, -0.15) is 0 Å². The Labute approximate surface area is 342 Å². The first-order chi connectivity index (χ1) is 28.1. The second-order valence-corrected chi connectivity index (χ2v) is 15.7. The highest BCUT2D eigenvalue weighted by atomic mass is 32.1. The lowest BCUT2D eigenvalue weighted by atomic mass is 9.92. The molecule has 10 rings (SSSR count). The zero-order chi connectivity index (χ0) is 38.1. The Morgan fingerprint density at radius 3 is 1.63 bits per heavy atom. The van der Waals surface area contributed by atoms with Crippen LogP contribution in [0.2, 0.25) is 0 Å². The predicted octanol–water partition coefficient (Wildman–Crippen LogP) is 15.5. The molecule has 0 N–H and O–H groups in total. The molecule has 1 aromatic heterocycles. The van der Waals surface area contributed by atoms with Crippen LogP contribution in [0.3, 0.4) is 0 Å². The number of fused-ring (bicyclic) bond motifs is 2. The van der Waals surface area contributed by atoms with Crippen LogP contribution in [0.15, 0.2) is 217 Å². The summed E-state index contributed by atoms with van der Waals surface area (Å²) in [4.78, 5) is 8.17. The predicted molar refractivity (Wildman–Crippen MR) is 246 cm³/mol. The zero-order valence-electron chi connectivity index (χ0n) is 31.0. The van der Waals surface area contributed by atoms with Gasteiger partial charge in [-0.1, -0.05) is 158 Å². The van der Waals surface area contributed by atoms with Crippen molar-refractivity contribution in [1.29, 1.82) is 0 Å². The van der Waals surface area contributed by atoms with Gasteiger partial charge in [0, 0.05) is 27.5 Å². The smallest absolute Gasteiger partial charge is 0.124 e. The van der Waals surface area contributed by atoms with Gasteiger partial charge in [-0.05, 0) is 110 Å². The van der Waals surface area contributed by atoms with Gasteiger partial charge >= 0.3 is 0 Å². The Hall–Kier alpha value is -6.72. The van der Waals surface area contributed by atoms with Crippen LogP contribution in [-0.4, -0.2) is 4.98 Å². The molecular weight excluding hydrogens is 729 g/mol. The van der Waals surface area contributed by atoms with E-state index >= 15 is 0 Å². The van der Waals surface area contributed by atoms with Gasteiger partial charge in [-0.25, -0.2) is 4.98 Å². The van der Waals surface area contributed by atoms with E-state index in [1.165, 1.54) is 33.0 Å². The highest BCUT2D eigenvalue weighted by Gasteiger charge is 2.17. The van der Waals surface area contributed by atoms with Gasteiger partial charge in [0.15, 0.2) is 0 Å². The summed E-state index contributed by atoms with van der Waals surface area (Å²) >= 11 is 6.61. The van der Waals surface area contributed by atoms with Crippen molar-refractivity contribution in [2.45, 2.75) is 4.90 Å². The fourth-order valence-electron chi connectivity index (χ4n) is 7.70.